The molecule has 1 saturated heterocycles. The van der Waals surface area contributed by atoms with Gasteiger partial charge in [-0.2, -0.15) is 26.3 Å². The second kappa shape index (κ2) is 13.0. The minimum absolute atomic E-state index is 0.0946. The van der Waals surface area contributed by atoms with Crippen molar-refractivity contribution in [2.45, 2.75) is 76.6 Å². The zero-order chi connectivity index (χ0) is 29.8. The molecule has 2 aromatic rings. The van der Waals surface area contributed by atoms with Crippen LogP contribution in [0.5, 0.6) is 11.5 Å². The van der Waals surface area contributed by atoms with E-state index >= 15 is 8.78 Å². The topological polar surface area (TPSA) is 27.7 Å². The first-order valence-corrected chi connectivity index (χ1v) is 13.8. The minimum Gasteiger partial charge on any atom is -0.432 e. The summed E-state index contributed by atoms with van der Waals surface area (Å²) in [5, 5.41) is 0. The molecule has 2 aromatic carbocycles. The number of ether oxygens (including phenoxy) is 3. The van der Waals surface area contributed by atoms with Gasteiger partial charge in [0.2, 0.25) is 0 Å². The fraction of sp³-hybridized carbons (Fsp3) is 0.533. The molecule has 41 heavy (non-hydrogen) atoms. The van der Waals surface area contributed by atoms with E-state index in [0.29, 0.717) is 24.8 Å². The summed E-state index contributed by atoms with van der Waals surface area (Å²) in [4.78, 5) is 0. The quantitative estimate of drug-likeness (QED) is 0.257. The predicted octanol–water partition coefficient (Wildman–Crippen LogP) is 9.76. The van der Waals surface area contributed by atoms with Crippen LogP contribution in [0.2, 0.25) is 0 Å². The lowest BCUT2D eigenvalue weighted by Crippen LogP contribution is -2.40. The molecule has 1 aliphatic carbocycles. The Morgan fingerprint density at radius 3 is 2.22 bits per heavy atom. The van der Waals surface area contributed by atoms with E-state index < -0.39 is 53.4 Å². The molecule has 11 heteroatoms. The van der Waals surface area contributed by atoms with Gasteiger partial charge >= 0.3 is 12.2 Å². The smallest absolute Gasteiger partial charge is 0.425 e. The maximum Gasteiger partial charge on any atom is 0.425 e. The molecule has 1 heterocycles. The summed E-state index contributed by atoms with van der Waals surface area (Å²) < 4.78 is 125. The van der Waals surface area contributed by atoms with E-state index in [4.69, 9.17) is 9.47 Å². The fourth-order valence-corrected chi connectivity index (χ4v) is 5.75. The maximum absolute atomic E-state index is 15.0. The van der Waals surface area contributed by atoms with E-state index in [1.165, 1.54) is 0 Å². The molecule has 2 aliphatic rings. The summed E-state index contributed by atoms with van der Waals surface area (Å²) in [6.07, 6.45) is -5.45. The van der Waals surface area contributed by atoms with Gasteiger partial charge in [0.1, 0.15) is 11.6 Å². The van der Waals surface area contributed by atoms with Crippen LogP contribution in [0, 0.1) is 29.4 Å². The molecule has 3 nitrogen and oxygen atoms in total. The van der Waals surface area contributed by atoms with Crippen molar-refractivity contribution < 1.29 is 49.3 Å². The molecule has 0 amide bonds. The normalized spacial score (nSPS) is 23.6. The average molecular weight is 593 g/mol. The van der Waals surface area contributed by atoms with Crippen molar-refractivity contribution in [2.75, 3.05) is 6.61 Å². The van der Waals surface area contributed by atoms with Crippen LogP contribution in [0.4, 0.5) is 35.1 Å². The third-order valence-electron chi connectivity index (χ3n) is 7.84. The summed E-state index contributed by atoms with van der Waals surface area (Å²) in [6, 6.07) is 5.34. The highest BCUT2D eigenvalue weighted by Gasteiger charge is 2.45. The standard InChI is InChI=1S/C30H32F8O3/c1-2-3-18-4-12-26(39-17-18)19-5-8-21(9-6-19)30(37,38)40-22-10-11-23(24(31)15-22)20-7-13-27(25(32)14-20)41-29(35,36)16-28(33)34/h7,10-11,13-16,18-19,21,26H,2-6,8-9,12,17H2,1H3. The molecule has 0 radical (unpaired) electrons. The van der Waals surface area contributed by atoms with Crippen LogP contribution >= 0.6 is 0 Å². The molecule has 2 fully saturated rings. The molecule has 1 saturated carbocycles. The highest BCUT2D eigenvalue weighted by atomic mass is 19.3. The van der Waals surface area contributed by atoms with Crippen molar-refractivity contribution >= 4 is 0 Å². The first-order chi connectivity index (χ1) is 19.4. The first kappa shape index (κ1) is 31.1. The Bertz CT molecular complexity index is 1200. The summed E-state index contributed by atoms with van der Waals surface area (Å²) in [5.74, 6) is -4.09. The van der Waals surface area contributed by atoms with Gasteiger partial charge in [0.25, 0.3) is 6.08 Å². The summed E-state index contributed by atoms with van der Waals surface area (Å²) >= 11 is 0. The minimum atomic E-state index is -4.47. The van der Waals surface area contributed by atoms with E-state index in [2.05, 4.69) is 11.7 Å². The second-order valence-corrected chi connectivity index (χ2v) is 10.8. The van der Waals surface area contributed by atoms with Gasteiger partial charge in [-0.15, -0.1) is 0 Å². The number of hydrogen-bond acceptors (Lipinski definition) is 3. The SMILES string of the molecule is CCCC1CCC(C2CCC(C(F)(F)Oc3ccc(-c4ccc(OC(F)(F)C=C(F)F)c(F)c4)c(F)c3)CC2)OC1. The van der Waals surface area contributed by atoms with Gasteiger partial charge in [-0.05, 0) is 86.6 Å². The van der Waals surface area contributed by atoms with Crippen molar-refractivity contribution in [3.8, 4) is 22.6 Å². The van der Waals surface area contributed by atoms with Crippen LogP contribution in [-0.4, -0.2) is 24.9 Å². The number of benzene rings is 2. The maximum atomic E-state index is 15.0. The number of halogens is 8. The Morgan fingerprint density at radius 2 is 1.63 bits per heavy atom. The van der Waals surface area contributed by atoms with Crippen LogP contribution < -0.4 is 9.47 Å². The molecule has 2 unspecified atom stereocenters. The third-order valence-corrected chi connectivity index (χ3v) is 7.84. The highest BCUT2D eigenvalue weighted by Crippen LogP contribution is 2.43. The van der Waals surface area contributed by atoms with Crippen LogP contribution in [0.25, 0.3) is 11.1 Å². The molecule has 226 valence electrons. The Hall–Kier alpha value is -2.82. The Morgan fingerprint density at radius 1 is 0.902 bits per heavy atom. The van der Waals surface area contributed by atoms with E-state index in [1.807, 2.05) is 0 Å². The molecule has 1 aliphatic heterocycles. The highest BCUT2D eigenvalue weighted by molar-refractivity contribution is 5.66. The van der Waals surface area contributed by atoms with Gasteiger partial charge < -0.3 is 14.2 Å². The average Bonchev–Trinajstić information content (AvgIpc) is 2.90. The van der Waals surface area contributed by atoms with E-state index in [9.17, 15) is 26.3 Å². The molecule has 4 rings (SSSR count). The van der Waals surface area contributed by atoms with Crippen LogP contribution in [0.3, 0.4) is 0 Å². The largest absolute Gasteiger partial charge is 0.432 e. The molecule has 0 N–H and O–H groups in total. The molecule has 0 bridgehead atoms. The number of alkyl halides is 4. The summed E-state index contributed by atoms with van der Waals surface area (Å²) in [5.41, 5.74) is -0.341. The number of hydrogen-bond donors (Lipinski definition) is 0. The van der Waals surface area contributed by atoms with E-state index in [1.54, 1.807) is 0 Å². The molecule has 0 aromatic heterocycles. The zero-order valence-electron chi connectivity index (χ0n) is 22.5. The second-order valence-electron chi connectivity index (χ2n) is 10.8. The molecular weight excluding hydrogens is 560 g/mol. The molecule has 2 atom stereocenters. The molecule has 0 spiro atoms. The zero-order valence-corrected chi connectivity index (χ0v) is 22.5. The van der Waals surface area contributed by atoms with Crippen molar-refractivity contribution in [3.05, 3.63) is 60.2 Å². The van der Waals surface area contributed by atoms with E-state index in [-0.39, 0.29) is 36.0 Å². The van der Waals surface area contributed by atoms with Gasteiger partial charge in [0, 0.05) is 18.2 Å². The lowest BCUT2D eigenvalue weighted by molar-refractivity contribution is -0.225. The number of rotatable bonds is 10. The van der Waals surface area contributed by atoms with Gasteiger partial charge in [-0.1, -0.05) is 19.4 Å². The lowest BCUT2D eigenvalue weighted by Gasteiger charge is -2.39. The van der Waals surface area contributed by atoms with Gasteiger partial charge in [0.05, 0.1) is 18.1 Å². The van der Waals surface area contributed by atoms with Gasteiger partial charge in [0.15, 0.2) is 11.6 Å². The van der Waals surface area contributed by atoms with Crippen LogP contribution in [-0.2, 0) is 4.74 Å². The summed E-state index contributed by atoms with van der Waals surface area (Å²) in [6.45, 7) is 2.87. The van der Waals surface area contributed by atoms with Crippen molar-refractivity contribution in [3.63, 3.8) is 0 Å². The van der Waals surface area contributed by atoms with Crippen molar-refractivity contribution in [1.82, 2.24) is 0 Å². The van der Waals surface area contributed by atoms with Crippen LogP contribution in [0.15, 0.2) is 48.6 Å². The Balaban J connectivity index is 1.35. The van der Waals surface area contributed by atoms with Crippen molar-refractivity contribution in [2.24, 2.45) is 17.8 Å². The summed E-state index contributed by atoms with van der Waals surface area (Å²) in [7, 11) is 0. The van der Waals surface area contributed by atoms with Crippen LogP contribution in [0.1, 0.15) is 58.3 Å². The first-order valence-electron chi connectivity index (χ1n) is 13.8. The lowest BCUT2D eigenvalue weighted by atomic mass is 9.76. The van der Waals surface area contributed by atoms with Gasteiger partial charge in [-0.3, -0.25) is 0 Å². The Labute approximate surface area is 233 Å². The molecular formula is C30H32F8O3. The van der Waals surface area contributed by atoms with Crippen molar-refractivity contribution in [1.29, 1.82) is 0 Å². The Kier molecular flexibility index (Phi) is 9.87. The predicted molar refractivity (Wildman–Crippen MR) is 136 cm³/mol. The third kappa shape index (κ3) is 8.14. The van der Waals surface area contributed by atoms with Gasteiger partial charge in [-0.25, -0.2) is 8.78 Å². The monoisotopic (exact) mass is 592 g/mol. The fourth-order valence-electron chi connectivity index (χ4n) is 5.75. The van der Waals surface area contributed by atoms with E-state index in [0.717, 1.165) is 62.6 Å².